The molecule has 2 saturated carbocycles. The van der Waals surface area contributed by atoms with E-state index in [4.69, 9.17) is 10.5 Å². The van der Waals surface area contributed by atoms with Crippen molar-refractivity contribution < 1.29 is 14.9 Å². The lowest BCUT2D eigenvalue weighted by Crippen LogP contribution is -2.31. The summed E-state index contributed by atoms with van der Waals surface area (Å²) >= 11 is 0. The van der Waals surface area contributed by atoms with E-state index < -0.39 is 29.2 Å². The summed E-state index contributed by atoms with van der Waals surface area (Å²) in [6, 6.07) is 1.51. The molecule has 7 nitrogen and oxygen atoms in total. The first-order valence-corrected chi connectivity index (χ1v) is 6.42. The zero-order valence-corrected chi connectivity index (χ0v) is 10.2. The Morgan fingerprint density at radius 1 is 1.53 bits per heavy atom. The van der Waals surface area contributed by atoms with Gasteiger partial charge in [-0.1, -0.05) is 0 Å². The monoisotopic (exact) mass is 265 g/mol. The topological polar surface area (TPSA) is 111 Å². The molecule has 1 unspecified atom stereocenters. The third kappa shape index (κ3) is 1.22. The molecule has 4 rings (SSSR count). The molecule has 2 aliphatic carbocycles. The minimum atomic E-state index is -1.22. The molecular weight excluding hydrogens is 250 g/mol. The van der Waals surface area contributed by atoms with Crippen molar-refractivity contribution in [2.24, 2.45) is 5.92 Å². The second-order valence-corrected chi connectivity index (χ2v) is 5.71. The third-order valence-electron chi connectivity index (χ3n) is 4.61. The fourth-order valence-corrected chi connectivity index (χ4v) is 3.45. The minimum absolute atomic E-state index is 0.153. The quantitative estimate of drug-likeness (QED) is 0.632. The van der Waals surface area contributed by atoms with E-state index in [1.54, 1.807) is 0 Å². The average Bonchev–Trinajstić information content (AvgIpc) is 3.22. The van der Waals surface area contributed by atoms with Gasteiger partial charge in [-0.15, -0.1) is 0 Å². The van der Waals surface area contributed by atoms with Crippen molar-refractivity contribution in [1.82, 2.24) is 9.55 Å². The van der Waals surface area contributed by atoms with Gasteiger partial charge in [-0.25, -0.2) is 4.79 Å². The van der Waals surface area contributed by atoms with Gasteiger partial charge in [-0.2, -0.15) is 4.98 Å². The number of fused-ring (bicyclic) bond motifs is 1. The standard InChI is InChI=1S/C12H15N3O4/c13-7-3-4-15(10(17)14-7)8-5-11(18)9(16)12(11,19-8)6-1-2-6/h3-4,6,8-9,16,18H,1-2,5H2,(H2,13,14,17)/t8-,9?,11-,12-/m1/s1. The van der Waals surface area contributed by atoms with E-state index >= 15 is 0 Å². The first-order valence-electron chi connectivity index (χ1n) is 6.42. The van der Waals surface area contributed by atoms with E-state index in [1.165, 1.54) is 16.8 Å². The number of nitrogen functional groups attached to an aromatic ring is 1. The van der Waals surface area contributed by atoms with Crippen LogP contribution < -0.4 is 11.4 Å². The van der Waals surface area contributed by atoms with E-state index in [0.29, 0.717) is 0 Å². The minimum Gasteiger partial charge on any atom is -0.387 e. The van der Waals surface area contributed by atoms with Crippen molar-refractivity contribution in [3.05, 3.63) is 22.7 Å². The molecule has 0 radical (unpaired) electrons. The number of hydrogen-bond donors (Lipinski definition) is 3. The number of rotatable bonds is 2. The summed E-state index contributed by atoms with van der Waals surface area (Å²) in [5, 5.41) is 20.4. The Labute approximate surface area is 108 Å². The van der Waals surface area contributed by atoms with Crippen molar-refractivity contribution in [2.75, 3.05) is 5.73 Å². The molecule has 1 saturated heterocycles. The number of ether oxygens (including phenoxy) is 1. The highest BCUT2D eigenvalue weighted by atomic mass is 16.6. The molecule has 0 bridgehead atoms. The van der Waals surface area contributed by atoms with E-state index in [9.17, 15) is 15.0 Å². The predicted molar refractivity (Wildman–Crippen MR) is 64.1 cm³/mol. The molecule has 1 aromatic rings. The average molecular weight is 265 g/mol. The Kier molecular flexibility index (Phi) is 1.90. The lowest BCUT2D eigenvalue weighted by atomic mass is 10.1. The zero-order valence-electron chi connectivity index (χ0n) is 10.2. The number of aliphatic hydroxyl groups is 2. The molecule has 19 heavy (non-hydrogen) atoms. The highest BCUT2D eigenvalue weighted by Crippen LogP contribution is 2.70. The molecule has 102 valence electrons. The van der Waals surface area contributed by atoms with Crippen molar-refractivity contribution in [3.63, 3.8) is 0 Å². The summed E-state index contributed by atoms with van der Waals surface area (Å²) < 4.78 is 7.17. The zero-order chi connectivity index (χ0) is 13.4. The number of nitrogens with two attached hydrogens (primary N) is 1. The van der Waals surface area contributed by atoms with Gasteiger partial charge in [0.25, 0.3) is 0 Å². The van der Waals surface area contributed by atoms with Crippen molar-refractivity contribution in [2.45, 2.75) is 42.8 Å². The molecule has 0 spiro atoms. The smallest absolute Gasteiger partial charge is 0.351 e. The van der Waals surface area contributed by atoms with Crippen molar-refractivity contribution in [1.29, 1.82) is 0 Å². The molecule has 1 aromatic heterocycles. The van der Waals surface area contributed by atoms with Crippen LogP contribution in [0.15, 0.2) is 17.1 Å². The van der Waals surface area contributed by atoms with Crippen LogP contribution in [0.2, 0.25) is 0 Å². The largest absolute Gasteiger partial charge is 0.387 e. The number of aromatic nitrogens is 2. The van der Waals surface area contributed by atoms with E-state index in [0.717, 1.165) is 12.8 Å². The maximum Gasteiger partial charge on any atom is 0.351 e. The second-order valence-electron chi connectivity index (χ2n) is 5.71. The Hall–Kier alpha value is -1.44. The molecule has 1 aliphatic heterocycles. The van der Waals surface area contributed by atoms with Crippen LogP contribution in [-0.4, -0.2) is 37.1 Å². The molecule has 7 heteroatoms. The number of hydrogen-bond acceptors (Lipinski definition) is 6. The van der Waals surface area contributed by atoms with E-state index in [1.807, 2.05) is 0 Å². The van der Waals surface area contributed by atoms with Crippen molar-refractivity contribution >= 4 is 5.82 Å². The summed E-state index contributed by atoms with van der Waals surface area (Å²) in [7, 11) is 0. The summed E-state index contributed by atoms with van der Waals surface area (Å²) in [6.45, 7) is 0. The van der Waals surface area contributed by atoms with Crippen LogP contribution in [0.3, 0.4) is 0 Å². The molecule has 4 atom stereocenters. The third-order valence-corrected chi connectivity index (χ3v) is 4.61. The molecule has 0 aromatic carbocycles. The van der Waals surface area contributed by atoms with Gasteiger partial charge in [0, 0.05) is 12.6 Å². The maximum atomic E-state index is 11.8. The molecule has 2 heterocycles. The number of anilines is 1. The van der Waals surface area contributed by atoms with Gasteiger partial charge in [0.15, 0.2) is 0 Å². The Bertz CT molecular complexity index is 613. The summed E-state index contributed by atoms with van der Waals surface area (Å²) in [6.07, 6.45) is 2.17. The molecule has 3 fully saturated rings. The molecule has 0 amide bonds. The second kappa shape index (κ2) is 3.17. The SMILES string of the molecule is Nc1ccn([C@H]2C[C@@]3(O)C(O)[C@@]3(C3CC3)O2)c(=O)n1. The van der Waals surface area contributed by atoms with Gasteiger partial charge in [-0.05, 0) is 24.8 Å². The molecule has 4 N–H and O–H groups in total. The maximum absolute atomic E-state index is 11.8. The fourth-order valence-electron chi connectivity index (χ4n) is 3.45. The van der Waals surface area contributed by atoms with Gasteiger partial charge < -0.3 is 20.7 Å². The summed E-state index contributed by atoms with van der Waals surface area (Å²) in [5.41, 5.74) is 2.84. The Balaban J connectivity index is 1.68. The first kappa shape index (κ1) is 11.4. The van der Waals surface area contributed by atoms with Gasteiger partial charge in [-0.3, -0.25) is 4.57 Å². The Morgan fingerprint density at radius 3 is 2.89 bits per heavy atom. The van der Waals surface area contributed by atoms with Crippen LogP contribution in [0.5, 0.6) is 0 Å². The normalized spacial score (nSPS) is 44.1. The number of nitrogens with zero attached hydrogens (tertiary/aromatic N) is 2. The van der Waals surface area contributed by atoms with Gasteiger partial charge in [0.2, 0.25) is 0 Å². The number of aliphatic hydroxyl groups excluding tert-OH is 1. The van der Waals surface area contributed by atoms with Gasteiger partial charge in [0.05, 0.1) is 0 Å². The van der Waals surface area contributed by atoms with Gasteiger partial charge >= 0.3 is 5.69 Å². The van der Waals surface area contributed by atoms with Crippen molar-refractivity contribution in [3.8, 4) is 0 Å². The predicted octanol–water partition coefficient (Wildman–Crippen LogP) is -1.00. The lowest BCUT2D eigenvalue weighted by Gasteiger charge is -2.20. The van der Waals surface area contributed by atoms with Crippen LogP contribution in [0, 0.1) is 5.92 Å². The van der Waals surface area contributed by atoms with Crippen LogP contribution in [-0.2, 0) is 4.74 Å². The highest BCUT2D eigenvalue weighted by Gasteiger charge is 2.86. The summed E-state index contributed by atoms with van der Waals surface area (Å²) in [5.74, 6) is 0.343. The van der Waals surface area contributed by atoms with Gasteiger partial charge in [0.1, 0.15) is 29.4 Å². The van der Waals surface area contributed by atoms with E-state index in [-0.39, 0.29) is 18.2 Å². The van der Waals surface area contributed by atoms with Crippen LogP contribution >= 0.6 is 0 Å². The van der Waals surface area contributed by atoms with Crippen LogP contribution in [0.25, 0.3) is 0 Å². The first-order chi connectivity index (χ1) is 8.99. The fraction of sp³-hybridized carbons (Fsp3) is 0.667. The molecular formula is C12H15N3O4. The van der Waals surface area contributed by atoms with E-state index in [2.05, 4.69) is 4.98 Å². The summed E-state index contributed by atoms with van der Waals surface area (Å²) in [4.78, 5) is 15.4. The lowest BCUT2D eigenvalue weighted by molar-refractivity contribution is -0.0781. The van der Waals surface area contributed by atoms with Crippen LogP contribution in [0.1, 0.15) is 25.5 Å². The molecule has 3 aliphatic rings. The van der Waals surface area contributed by atoms with Crippen LogP contribution in [0.4, 0.5) is 5.82 Å². The Morgan fingerprint density at radius 2 is 2.26 bits per heavy atom. The highest BCUT2D eigenvalue weighted by molar-refractivity contribution is 5.35.